The van der Waals surface area contributed by atoms with Gasteiger partial charge in [-0.3, -0.25) is 9.48 Å². The molecule has 5 heteroatoms. The molecule has 0 saturated carbocycles. The summed E-state index contributed by atoms with van der Waals surface area (Å²) in [6, 6.07) is -0.315. The van der Waals surface area contributed by atoms with Gasteiger partial charge >= 0.3 is 0 Å². The average Bonchev–Trinajstić information content (AvgIpc) is 2.63. The highest BCUT2D eigenvalue weighted by Crippen LogP contribution is 2.10. The zero-order valence-electron chi connectivity index (χ0n) is 9.45. The molecule has 1 atom stereocenters. The molecule has 0 aliphatic rings. The van der Waals surface area contributed by atoms with Crippen molar-refractivity contribution in [2.75, 3.05) is 13.6 Å². The number of likely N-dealkylation sites (N-methyl/N-ethyl adjacent to an activating group) is 1. The second-order valence-corrected chi connectivity index (χ2v) is 3.46. The summed E-state index contributed by atoms with van der Waals surface area (Å²) < 4.78 is 1.69. The molecular weight excluding hydrogens is 192 g/mol. The number of carbonyl (C=O) groups is 1. The molecular formula is C10H18N4O. The van der Waals surface area contributed by atoms with Crippen LogP contribution in [0, 0.1) is 0 Å². The number of amides is 1. The van der Waals surface area contributed by atoms with E-state index in [4.69, 9.17) is 0 Å². The van der Waals surface area contributed by atoms with Crippen molar-refractivity contribution in [1.29, 1.82) is 0 Å². The van der Waals surface area contributed by atoms with E-state index in [2.05, 4.69) is 15.7 Å². The lowest BCUT2D eigenvalue weighted by Gasteiger charge is -2.13. The number of carbonyl (C=O) groups excluding carboxylic acids is 1. The van der Waals surface area contributed by atoms with Crippen molar-refractivity contribution in [3.8, 4) is 0 Å². The molecule has 2 N–H and O–H groups in total. The fourth-order valence-corrected chi connectivity index (χ4v) is 1.39. The van der Waals surface area contributed by atoms with Crippen LogP contribution in [0.25, 0.3) is 0 Å². The third-order valence-corrected chi connectivity index (χ3v) is 2.16. The Morgan fingerprint density at radius 2 is 2.40 bits per heavy atom. The second kappa shape index (κ2) is 5.50. The smallest absolute Gasteiger partial charge is 0.241 e. The summed E-state index contributed by atoms with van der Waals surface area (Å²) in [5.41, 5.74) is 0.883. The zero-order valence-corrected chi connectivity index (χ0v) is 9.45. The average molecular weight is 210 g/mol. The van der Waals surface area contributed by atoms with Gasteiger partial charge in [0, 0.05) is 25.4 Å². The van der Waals surface area contributed by atoms with E-state index >= 15 is 0 Å². The van der Waals surface area contributed by atoms with Crippen molar-refractivity contribution in [2.45, 2.75) is 19.4 Å². The van der Waals surface area contributed by atoms with E-state index in [-0.39, 0.29) is 11.9 Å². The van der Waals surface area contributed by atoms with Crippen LogP contribution >= 0.6 is 0 Å². The number of nitrogens with zero attached hydrogens (tertiary/aromatic N) is 2. The van der Waals surface area contributed by atoms with Gasteiger partial charge in [-0.25, -0.2) is 0 Å². The third kappa shape index (κ3) is 3.06. The maximum atomic E-state index is 11.7. The van der Waals surface area contributed by atoms with E-state index in [1.165, 1.54) is 0 Å². The van der Waals surface area contributed by atoms with Crippen molar-refractivity contribution in [3.05, 3.63) is 18.0 Å². The number of aryl methyl sites for hydroxylation is 1. The summed E-state index contributed by atoms with van der Waals surface area (Å²) in [6.45, 7) is 2.73. The van der Waals surface area contributed by atoms with Crippen LogP contribution in [0.4, 0.5) is 0 Å². The molecule has 5 nitrogen and oxygen atoms in total. The first kappa shape index (κ1) is 11.7. The highest BCUT2D eigenvalue weighted by Gasteiger charge is 2.18. The molecule has 0 bridgehead atoms. The molecule has 0 aliphatic carbocycles. The molecule has 1 heterocycles. The quantitative estimate of drug-likeness (QED) is 0.730. The Kier molecular flexibility index (Phi) is 4.30. The van der Waals surface area contributed by atoms with Gasteiger partial charge in [0.15, 0.2) is 0 Å². The SMILES string of the molecule is CCCNC(=O)C(NC)c1cnn(C)c1. The minimum absolute atomic E-state index is 0.00708. The number of rotatable bonds is 5. The number of hydrogen-bond acceptors (Lipinski definition) is 3. The minimum Gasteiger partial charge on any atom is -0.354 e. The van der Waals surface area contributed by atoms with E-state index in [0.717, 1.165) is 12.0 Å². The van der Waals surface area contributed by atoms with E-state index in [1.54, 1.807) is 17.9 Å². The molecule has 0 fully saturated rings. The largest absolute Gasteiger partial charge is 0.354 e. The van der Waals surface area contributed by atoms with E-state index in [0.29, 0.717) is 6.54 Å². The Morgan fingerprint density at radius 1 is 1.67 bits per heavy atom. The van der Waals surface area contributed by atoms with E-state index in [9.17, 15) is 4.79 Å². The third-order valence-electron chi connectivity index (χ3n) is 2.16. The molecule has 1 rings (SSSR count). The molecule has 0 aliphatic heterocycles. The van der Waals surface area contributed by atoms with Crippen molar-refractivity contribution < 1.29 is 4.79 Å². The monoisotopic (exact) mass is 210 g/mol. The molecule has 0 saturated heterocycles. The fourth-order valence-electron chi connectivity index (χ4n) is 1.39. The molecule has 0 aromatic carbocycles. The van der Waals surface area contributed by atoms with Gasteiger partial charge in [0.25, 0.3) is 0 Å². The minimum atomic E-state index is -0.315. The highest BCUT2D eigenvalue weighted by molar-refractivity contribution is 5.82. The van der Waals surface area contributed by atoms with Crippen LogP contribution in [0.3, 0.4) is 0 Å². The summed E-state index contributed by atoms with van der Waals surface area (Å²) in [4.78, 5) is 11.7. The molecule has 1 unspecified atom stereocenters. The van der Waals surface area contributed by atoms with E-state index < -0.39 is 0 Å². The van der Waals surface area contributed by atoms with Gasteiger partial charge < -0.3 is 10.6 Å². The summed E-state index contributed by atoms with van der Waals surface area (Å²) in [7, 11) is 3.60. The van der Waals surface area contributed by atoms with Crippen molar-refractivity contribution in [1.82, 2.24) is 20.4 Å². The summed E-state index contributed by atoms with van der Waals surface area (Å²) in [5.74, 6) is -0.00708. The maximum absolute atomic E-state index is 11.7. The molecule has 0 spiro atoms. The Labute approximate surface area is 89.9 Å². The summed E-state index contributed by atoms with van der Waals surface area (Å²) >= 11 is 0. The Bertz CT molecular complexity index is 321. The normalized spacial score (nSPS) is 12.5. The molecule has 1 aromatic heterocycles. The van der Waals surface area contributed by atoms with Crippen LogP contribution in [0.15, 0.2) is 12.4 Å². The van der Waals surface area contributed by atoms with Gasteiger partial charge in [-0.15, -0.1) is 0 Å². The number of nitrogens with one attached hydrogen (secondary N) is 2. The van der Waals surface area contributed by atoms with Crippen LogP contribution in [-0.4, -0.2) is 29.3 Å². The molecule has 1 aromatic rings. The maximum Gasteiger partial charge on any atom is 0.241 e. The Hall–Kier alpha value is -1.36. The van der Waals surface area contributed by atoms with Crippen LogP contribution in [0.2, 0.25) is 0 Å². The Balaban J connectivity index is 2.66. The standard InChI is InChI=1S/C10H18N4O/c1-4-5-12-10(15)9(11-2)8-6-13-14(3)7-8/h6-7,9,11H,4-5H2,1-3H3,(H,12,15). The first-order valence-corrected chi connectivity index (χ1v) is 5.12. The first-order valence-electron chi connectivity index (χ1n) is 5.12. The summed E-state index contributed by atoms with van der Waals surface area (Å²) in [5, 5.41) is 9.87. The summed E-state index contributed by atoms with van der Waals surface area (Å²) in [6.07, 6.45) is 4.48. The molecule has 15 heavy (non-hydrogen) atoms. The highest BCUT2D eigenvalue weighted by atomic mass is 16.2. The van der Waals surface area contributed by atoms with Crippen LogP contribution in [-0.2, 0) is 11.8 Å². The fraction of sp³-hybridized carbons (Fsp3) is 0.600. The number of hydrogen-bond donors (Lipinski definition) is 2. The van der Waals surface area contributed by atoms with Gasteiger partial charge in [0.2, 0.25) is 5.91 Å². The van der Waals surface area contributed by atoms with Crippen LogP contribution in [0.5, 0.6) is 0 Å². The van der Waals surface area contributed by atoms with Gasteiger partial charge in [-0.2, -0.15) is 5.10 Å². The van der Waals surface area contributed by atoms with E-state index in [1.807, 2.05) is 20.2 Å². The first-order chi connectivity index (χ1) is 7.19. The second-order valence-electron chi connectivity index (χ2n) is 3.46. The van der Waals surface area contributed by atoms with Crippen LogP contribution < -0.4 is 10.6 Å². The molecule has 84 valence electrons. The zero-order chi connectivity index (χ0) is 11.3. The van der Waals surface area contributed by atoms with Crippen molar-refractivity contribution in [3.63, 3.8) is 0 Å². The van der Waals surface area contributed by atoms with Crippen molar-refractivity contribution >= 4 is 5.91 Å². The lowest BCUT2D eigenvalue weighted by molar-refractivity contribution is -0.123. The lowest BCUT2D eigenvalue weighted by atomic mass is 10.1. The van der Waals surface area contributed by atoms with Crippen LogP contribution in [0.1, 0.15) is 24.9 Å². The Morgan fingerprint density at radius 3 is 2.87 bits per heavy atom. The predicted octanol–water partition coefficient (Wildman–Crippen LogP) is 0.207. The lowest BCUT2D eigenvalue weighted by Crippen LogP contribution is -2.36. The van der Waals surface area contributed by atoms with Gasteiger partial charge in [-0.05, 0) is 13.5 Å². The molecule has 0 radical (unpaired) electrons. The number of aromatic nitrogens is 2. The predicted molar refractivity (Wildman–Crippen MR) is 58.3 cm³/mol. The molecule has 1 amide bonds. The van der Waals surface area contributed by atoms with Gasteiger partial charge in [-0.1, -0.05) is 6.92 Å². The van der Waals surface area contributed by atoms with Gasteiger partial charge in [0.1, 0.15) is 6.04 Å². The topological polar surface area (TPSA) is 59.0 Å². The van der Waals surface area contributed by atoms with Gasteiger partial charge in [0.05, 0.1) is 6.20 Å². The van der Waals surface area contributed by atoms with Crippen molar-refractivity contribution in [2.24, 2.45) is 7.05 Å².